The molecule has 172 valence electrons. The van der Waals surface area contributed by atoms with Crippen molar-refractivity contribution in [1.29, 1.82) is 0 Å². The van der Waals surface area contributed by atoms with Crippen LogP contribution in [0, 0.1) is 43.4 Å². The zero-order chi connectivity index (χ0) is 21.7. The Labute approximate surface area is 215 Å². The molecule has 5 rings (SSSR count). The SMILES string of the molecule is C=CCCC1CC([C@@]2(C3[CH-]CCC3)CCCc3ccccc32)C2C=CC=CC12.[CH3-].[Cl][Zr+2][Cl]. The van der Waals surface area contributed by atoms with Crippen molar-refractivity contribution in [3.63, 3.8) is 0 Å². The Balaban J connectivity index is 0.000000686. The van der Waals surface area contributed by atoms with Crippen LogP contribution in [0.1, 0.15) is 62.5 Å². The van der Waals surface area contributed by atoms with Gasteiger partial charge in [0.15, 0.2) is 0 Å². The number of halogens is 2. The second-order valence-corrected chi connectivity index (χ2v) is 13.5. The van der Waals surface area contributed by atoms with Gasteiger partial charge in [-0.3, -0.25) is 0 Å². The molecule has 1 aromatic carbocycles. The summed E-state index contributed by atoms with van der Waals surface area (Å²) >= 11 is -0.826. The predicted molar refractivity (Wildman–Crippen MR) is 137 cm³/mol. The monoisotopic (exact) mass is 546 g/mol. The normalized spacial score (nSPS) is 34.4. The molecule has 0 heterocycles. The molecule has 2 fully saturated rings. The van der Waals surface area contributed by atoms with Gasteiger partial charge in [-0.15, -0.1) is 6.58 Å². The van der Waals surface area contributed by atoms with E-state index in [0.29, 0.717) is 5.41 Å². The minimum absolute atomic E-state index is 0. The number of aryl methyl sites for hydroxylation is 1. The first-order chi connectivity index (χ1) is 15.3. The molecule has 3 heteroatoms. The molecular weight excluding hydrogens is 510 g/mol. The van der Waals surface area contributed by atoms with Gasteiger partial charge in [-0.05, 0) is 78.7 Å². The van der Waals surface area contributed by atoms with Crippen molar-refractivity contribution < 1.29 is 20.8 Å². The van der Waals surface area contributed by atoms with Crippen LogP contribution >= 0.6 is 17.0 Å². The Kier molecular flexibility index (Phi) is 10.4. The van der Waals surface area contributed by atoms with Crippen molar-refractivity contribution in [2.45, 2.75) is 63.2 Å². The average molecular weight is 549 g/mol. The van der Waals surface area contributed by atoms with Gasteiger partial charge in [0.25, 0.3) is 0 Å². The Bertz CT molecular complexity index is 794. The van der Waals surface area contributed by atoms with Crippen LogP contribution in [0.5, 0.6) is 0 Å². The molecule has 0 aromatic heterocycles. The van der Waals surface area contributed by atoms with Gasteiger partial charge in [0.1, 0.15) is 0 Å². The molecule has 0 radical (unpaired) electrons. The van der Waals surface area contributed by atoms with E-state index in [2.05, 4.69) is 67.6 Å². The van der Waals surface area contributed by atoms with E-state index in [1.165, 1.54) is 51.4 Å². The topological polar surface area (TPSA) is 0 Å². The first-order valence-corrected chi connectivity index (χ1v) is 18.4. The molecule has 5 unspecified atom stereocenters. The fourth-order valence-corrected chi connectivity index (χ4v) is 7.54. The molecule has 6 atom stereocenters. The third kappa shape index (κ3) is 5.11. The van der Waals surface area contributed by atoms with E-state index >= 15 is 0 Å². The summed E-state index contributed by atoms with van der Waals surface area (Å²) in [6.07, 6.45) is 26.7. The Hall–Kier alpha value is -0.0969. The quantitative estimate of drug-likeness (QED) is 0.254. The van der Waals surface area contributed by atoms with Gasteiger partial charge in [0.2, 0.25) is 0 Å². The third-order valence-electron chi connectivity index (χ3n) is 8.58. The molecule has 0 bridgehead atoms. The first-order valence-electron chi connectivity index (χ1n) is 12.1. The van der Waals surface area contributed by atoms with Crippen LogP contribution in [0.3, 0.4) is 0 Å². The number of fused-ring (bicyclic) bond motifs is 2. The van der Waals surface area contributed by atoms with Gasteiger partial charge in [-0.2, -0.15) is 12.3 Å². The third-order valence-corrected chi connectivity index (χ3v) is 8.58. The van der Waals surface area contributed by atoms with Crippen LogP contribution in [0.15, 0.2) is 61.2 Å². The number of hydrogen-bond donors (Lipinski definition) is 0. The summed E-state index contributed by atoms with van der Waals surface area (Å²) in [6.45, 7) is 4.00. The van der Waals surface area contributed by atoms with Gasteiger partial charge in [-0.1, -0.05) is 67.5 Å². The summed E-state index contributed by atoms with van der Waals surface area (Å²) in [5.41, 5.74) is 3.74. The first kappa shape index (κ1) is 26.5. The summed E-state index contributed by atoms with van der Waals surface area (Å²) in [7, 11) is 9.87. The molecule has 0 amide bonds. The maximum atomic E-state index is 4.93. The van der Waals surface area contributed by atoms with Crippen LogP contribution in [0.2, 0.25) is 0 Å². The molecule has 0 spiro atoms. The van der Waals surface area contributed by atoms with Crippen LogP contribution in [0.4, 0.5) is 0 Å². The van der Waals surface area contributed by atoms with E-state index in [1.807, 2.05) is 0 Å². The van der Waals surface area contributed by atoms with Crippen molar-refractivity contribution in [1.82, 2.24) is 0 Å². The fourth-order valence-electron chi connectivity index (χ4n) is 7.54. The van der Waals surface area contributed by atoms with E-state index in [4.69, 9.17) is 17.0 Å². The predicted octanol–water partition coefficient (Wildman–Crippen LogP) is 9.05. The van der Waals surface area contributed by atoms with Crippen molar-refractivity contribution >= 4 is 17.0 Å². The van der Waals surface area contributed by atoms with E-state index in [-0.39, 0.29) is 7.43 Å². The molecule has 4 aliphatic carbocycles. The van der Waals surface area contributed by atoms with Crippen LogP contribution in [0.25, 0.3) is 0 Å². The van der Waals surface area contributed by atoms with Gasteiger partial charge < -0.3 is 13.8 Å². The van der Waals surface area contributed by atoms with E-state index in [9.17, 15) is 0 Å². The van der Waals surface area contributed by atoms with Crippen molar-refractivity contribution in [2.75, 3.05) is 0 Å². The molecule has 1 aromatic rings. The molecule has 2 saturated carbocycles. The van der Waals surface area contributed by atoms with Gasteiger partial charge >= 0.3 is 37.9 Å². The molecule has 0 aliphatic heterocycles. The summed E-state index contributed by atoms with van der Waals surface area (Å²) in [5.74, 6) is 3.84. The number of benzene rings is 1. The molecule has 0 saturated heterocycles. The Morgan fingerprint density at radius 1 is 1.12 bits per heavy atom. The zero-order valence-electron chi connectivity index (χ0n) is 19.5. The van der Waals surface area contributed by atoms with E-state index in [0.717, 1.165) is 36.0 Å². The van der Waals surface area contributed by atoms with Crippen LogP contribution in [-0.2, 0) is 32.7 Å². The molecular formula is C29H38Cl2Zr. The molecule has 32 heavy (non-hydrogen) atoms. The summed E-state index contributed by atoms with van der Waals surface area (Å²) in [6, 6.07) is 9.51. The van der Waals surface area contributed by atoms with E-state index in [1.54, 1.807) is 11.1 Å². The van der Waals surface area contributed by atoms with Crippen LogP contribution < -0.4 is 0 Å². The fraction of sp³-hybridized carbons (Fsp3) is 0.517. The molecule has 4 aliphatic rings. The number of rotatable bonds is 5. The zero-order valence-corrected chi connectivity index (χ0v) is 23.5. The van der Waals surface area contributed by atoms with Crippen LogP contribution in [-0.4, -0.2) is 0 Å². The van der Waals surface area contributed by atoms with Gasteiger partial charge in [-0.25, -0.2) is 0 Å². The van der Waals surface area contributed by atoms with Crippen molar-refractivity contribution in [3.8, 4) is 0 Å². The summed E-state index contributed by atoms with van der Waals surface area (Å²) < 4.78 is 0. The molecule has 0 N–H and O–H groups in total. The Morgan fingerprint density at radius 3 is 2.59 bits per heavy atom. The minimum atomic E-state index is -0.826. The van der Waals surface area contributed by atoms with E-state index < -0.39 is 20.8 Å². The summed E-state index contributed by atoms with van der Waals surface area (Å²) in [4.78, 5) is 0. The van der Waals surface area contributed by atoms with Gasteiger partial charge in [0.05, 0.1) is 0 Å². The number of hydrogen-bond acceptors (Lipinski definition) is 0. The van der Waals surface area contributed by atoms with Gasteiger partial charge in [0, 0.05) is 0 Å². The second-order valence-electron chi connectivity index (χ2n) is 9.79. The number of allylic oxidation sites excluding steroid dienone is 5. The van der Waals surface area contributed by atoms with Crippen molar-refractivity contribution in [2.24, 2.45) is 29.6 Å². The molecule has 0 nitrogen and oxygen atoms in total. The second kappa shape index (κ2) is 12.6. The average Bonchev–Trinajstić information content (AvgIpc) is 3.47. The standard InChI is InChI=1S/C28H35.CH3.2ClH.Zr/c1-2-3-11-22-20-27(25-17-8-7-16-24(22)25)28(23-14-5-6-15-23)19-10-13-21-12-4-9-18-26(21)28;;;;/h2,4,7-9,12,14,16-18,22-25,27H,1,3,5-6,10-11,13,15,19-20H2;1H3;2*1H;/q2*-1;;;+4/p-2/t22?,23?,24?,25?,27?,28-;;;;/m1..../s1. The van der Waals surface area contributed by atoms with Crippen molar-refractivity contribution in [3.05, 3.63) is 86.2 Å². The Morgan fingerprint density at radius 2 is 1.88 bits per heavy atom. The summed E-state index contributed by atoms with van der Waals surface area (Å²) in [5, 5.41) is 0. The maximum absolute atomic E-state index is 4.93.